The number of sulfonamides is 1. The van der Waals surface area contributed by atoms with Gasteiger partial charge in [0.15, 0.2) is 15.0 Å². The summed E-state index contributed by atoms with van der Waals surface area (Å²) in [7, 11) is -5.45. The van der Waals surface area contributed by atoms with E-state index in [1.807, 2.05) is 30.3 Å². The van der Waals surface area contributed by atoms with E-state index in [4.69, 9.17) is 0 Å². The monoisotopic (exact) mass is 597 g/mol. The number of benzene rings is 3. The van der Waals surface area contributed by atoms with Crippen LogP contribution in [0.3, 0.4) is 0 Å². The largest absolute Gasteiger partial charge is 0.279 e. The fraction of sp³-hybridized carbons (Fsp3) is 0.310. The summed E-state index contributed by atoms with van der Waals surface area (Å²) in [4.78, 5) is 20.3. The zero-order chi connectivity index (χ0) is 28.5. The molecule has 0 atom stereocenters. The maximum absolute atomic E-state index is 13.8. The number of aromatic nitrogens is 1. The second-order valence-corrected chi connectivity index (χ2v) is 15.1. The highest BCUT2D eigenvalue weighted by molar-refractivity contribution is 7.90. The van der Waals surface area contributed by atoms with Gasteiger partial charge in [0, 0.05) is 24.9 Å². The summed E-state index contributed by atoms with van der Waals surface area (Å²) < 4.78 is 52.8. The summed E-state index contributed by atoms with van der Waals surface area (Å²) in [5.41, 5.74) is 1.80. The summed E-state index contributed by atoms with van der Waals surface area (Å²) in [6, 6.07) is 20.2. The van der Waals surface area contributed by atoms with Crippen molar-refractivity contribution in [1.29, 1.82) is 0 Å². The molecular weight excluding hydrogens is 567 g/mol. The van der Waals surface area contributed by atoms with Gasteiger partial charge < -0.3 is 0 Å². The average molecular weight is 598 g/mol. The van der Waals surface area contributed by atoms with E-state index in [2.05, 4.69) is 4.98 Å². The zero-order valence-electron chi connectivity index (χ0n) is 22.4. The maximum Gasteiger partial charge on any atom is 0.260 e. The molecule has 0 aliphatic heterocycles. The van der Waals surface area contributed by atoms with Crippen LogP contribution >= 0.6 is 11.3 Å². The second kappa shape index (κ2) is 11.4. The van der Waals surface area contributed by atoms with Gasteiger partial charge in [0.2, 0.25) is 10.0 Å². The summed E-state index contributed by atoms with van der Waals surface area (Å²) >= 11 is 1.23. The fourth-order valence-electron chi connectivity index (χ4n) is 4.96. The molecule has 0 radical (unpaired) electrons. The van der Waals surface area contributed by atoms with Crippen LogP contribution in [0.1, 0.15) is 48.0 Å². The lowest BCUT2D eigenvalue weighted by atomic mass is 9.96. The smallest absolute Gasteiger partial charge is 0.260 e. The van der Waals surface area contributed by atoms with Crippen molar-refractivity contribution in [3.63, 3.8) is 0 Å². The van der Waals surface area contributed by atoms with Crippen molar-refractivity contribution in [3.05, 3.63) is 83.9 Å². The minimum atomic E-state index is -3.69. The Morgan fingerprint density at radius 3 is 2.20 bits per heavy atom. The fourth-order valence-corrected chi connectivity index (χ4v) is 8.10. The number of rotatable bonds is 8. The van der Waals surface area contributed by atoms with Crippen LogP contribution < -0.4 is 4.90 Å². The lowest BCUT2D eigenvalue weighted by Crippen LogP contribution is -2.38. The molecule has 8 nitrogen and oxygen atoms in total. The van der Waals surface area contributed by atoms with Crippen LogP contribution in [0.4, 0.5) is 5.13 Å². The van der Waals surface area contributed by atoms with E-state index in [1.54, 1.807) is 19.2 Å². The van der Waals surface area contributed by atoms with Gasteiger partial charge in [-0.1, -0.05) is 60.9 Å². The van der Waals surface area contributed by atoms with Crippen LogP contribution in [0.5, 0.6) is 0 Å². The van der Waals surface area contributed by atoms with Crippen molar-refractivity contribution in [3.8, 4) is 0 Å². The van der Waals surface area contributed by atoms with Crippen LogP contribution in [-0.2, 0) is 26.4 Å². The molecule has 0 bridgehead atoms. The molecule has 0 N–H and O–H groups in total. The van der Waals surface area contributed by atoms with Gasteiger partial charge in [-0.25, -0.2) is 21.8 Å². The molecule has 1 aromatic heterocycles. The van der Waals surface area contributed by atoms with Crippen molar-refractivity contribution >= 4 is 52.5 Å². The molecule has 0 spiro atoms. The van der Waals surface area contributed by atoms with Crippen molar-refractivity contribution in [2.75, 3.05) is 18.2 Å². The van der Waals surface area contributed by atoms with E-state index in [-0.39, 0.29) is 28.3 Å². The van der Waals surface area contributed by atoms with Gasteiger partial charge in [0.05, 0.1) is 26.6 Å². The highest BCUT2D eigenvalue weighted by Crippen LogP contribution is 2.33. The van der Waals surface area contributed by atoms with E-state index >= 15 is 0 Å². The Morgan fingerprint density at radius 1 is 0.900 bits per heavy atom. The highest BCUT2D eigenvalue weighted by atomic mass is 32.2. The number of hydrogen-bond acceptors (Lipinski definition) is 7. The number of fused-ring (bicyclic) bond motifs is 1. The Bertz CT molecular complexity index is 1730. The first-order valence-corrected chi connectivity index (χ1v) is 17.2. The number of nitrogens with zero attached hydrogens (tertiary/aromatic N) is 3. The molecule has 0 saturated heterocycles. The third kappa shape index (κ3) is 5.97. The standard InChI is InChI=1S/C29H31N3O5S3/c1-31(23-11-7-4-8-12-23)40(36,37)24-15-13-22(14-16-24)28(33)32(20-21-9-5-3-6-10-21)29-30-26-18-17-25(39(2,34)35)19-27(26)38-29/h3,5-6,9-10,13-19,23H,4,7-8,11-12,20H2,1-2H3. The SMILES string of the molecule is CN(C1CCCCC1)S(=O)(=O)c1ccc(C(=O)N(Cc2ccccc2)c2nc3ccc(S(C)(=O)=O)cc3s2)cc1. The van der Waals surface area contributed by atoms with Gasteiger partial charge in [-0.15, -0.1) is 0 Å². The average Bonchev–Trinajstić information content (AvgIpc) is 3.39. The molecule has 5 rings (SSSR count). The van der Waals surface area contributed by atoms with Crippen LogP contribution in [-0.4, -0.2) is 51.4 Å². The molecule has 1 aliphatic rings. The van der Waals surface area contributed by atoms with Crippen LogP contribution in [0.15, 0.2) is 82.6 Å². The zero-order valence-corrected chi connectivity index (χ0v) is 24.8. The Morgan fingerprint density at radius 2 is 1.55 bits per heavy atom. The van der Waals surface area contributed by atoms with E-state index in [0.29, 0.717) is 20.9 Å². The van der Waals surface area contributed by atoms with Gasteiger partial charge in [0.25, 0.3) is 5.91 Å². The molecular formula is C29H31N3O5S3. The molecule has 40 heavy (non-hydrogen) atoms. The van der Waals surface area contributed by atoms with Crippen molar-refractivity contribution in [2.45, 2.75) is 54.5 Å². The summed E-state index contributed by atoms with van der Waals surface area (Å²) in [5, 5.41) is 0.420. The number of anilines is 1. The van der Waals surface area contributed by atoms with Gasteiger partial charge in [0.1, 0.15) is 0 Å². The van der Waals surface area contributed by atoms with E-state index in [0.717, 1.165) is 43.9 Å². The van der Waals surface area contributed by atoms with Crippen molar-refractivity contribution in [2.24, 2.45) is 0 Å². The lowest BCUT2D eigenvalue weighted by molar-refractivity contribution is 0.0985. The molecule has 1 heterocycles. The minimum absolute atomic E-state index is 0.0105. The van der Waals surface area contributed by atoms with E-state index in [9.17, 15) is 21.6 Å². The summed E-state index contributed by atoms with van der Waals surface area (Å²) in [5.74, 6) is -0.337. The quantitative estimate of drug-likeness (QED) is 0.266. The highest BCUT2D eigenvalue weighted by Gasteiger charge is 2.30. The molecule has 0 unspecified atom stereocenters. The molecule has 1 aliphatic carbocycles. The van der Waals surface area contributed by atoms with Gasteiger partial charge >= 0.3 is 0 Å². The molecule has 1 fully saturated rings. The number of amides is 1. The minimum Gasteiger partial charge on any atom is -0.279 e. The summed E-state index contributed by atoms with van der Waals surface area (Å²) in [6.07, 6.45) is 6.04. The Labute approximate surface area is 239 Å². The van der Waals surface area contributed by atoms with E-state index in [1.165, 1.54) is 50.9 Å². The van der Waals surface area contributed by atoms with Crippen molar-refractivity contribution in [1.82, 2.24) is 9.29 Å². The maximum atomic E-state index is 13.8. The first-order valence-electron chi connectivity index (χ1n) is 13.1. The first kappa shape index (κ1) is 28.4. The predicted octanol–water partition coefficient (Wildman–Crippen LogP) is 5.50. The summed E-state index contributed by atoms with van der Waals surface area (Å²) in [6.45, 7) is 0.239. The van der Waals surface area contributed by atoms with Gasteiger partial charge in [-0.3, -0.25) is 9.69 Å². The molecule has 210 valence electrons. The third-order valence-electron chi connectivity index (χ3n) is 7.30. The number of carbonyl (C=O) groups is 1. The van der Waals surface area contributed by atoms with Crippen molar-refractivity contribution < 1.29 is 21.6 Å². The Hall–Kier alpha value is -3.12. The number of hydrogen-bond donors (Lipinski definition) is 0. The predicted molar refractivity (Wildman–Crippen MR) is 158 cm³/mol. The first-order chi connectivity index (χ1) is 19.0. The van der Waals surface area contributed by atoms with Crippen LogP contribution in [0.2, 0.25) is 0 Å². The third-order valence-corrected chi connectivity index (χ3v) is 11.4. The number of sulfone groups is 1. The Balaban J connectivity index is 1.46. The Kier molecular flexibility index (Phi) is 8.10. The van der Waals surface area contributed by atoms with E-state index < -0.39 is 19.9 Å². The lowest BCUT2D eigenvalue weighted by Gasteiger charge is -2.30. The van der Waals surface area contributed by atoms with Crippen LogP contribution in [0.25, 0.3) is 10.2 Å². The number of thiazole rings is 1. The molecule has 1 saturated carbocycles. The molecule has 1 amide bonds. The topological polar surface area (TPSA) is 105 Å². The normalized spacial score (nSPS) is 15.0. The van der Waals surface area contributed by atoms with Gasteiger partial charge in [-0.2, -0.15) is 4.31 Å². The van der Waals surface area contributed by atoms with Crippen LogP contribution in [0, 0.1) is 0 Å². The van der Waals surface area contributed by atoms with Gasteiger partial charge in [-0.05, 0) is 60.9 Å². The second-order valence-electron chi connectivity index (χ2n) is 10.1. The molecule has 3 aromatic carbocycles. The molecule has 11 heteroatoms. The molecule has 4 aromatic rings. The number of carbonyl (C=O) groups excluding carboxylic acids is 1.